The topological polar surface area (TPSA) is 50.3 Å². The number of pyridine rings is 1. The first kappa shape index (κ1) is 12.6. The summed E-state index contributed by atoms with van der Waals surface area (Å²) in [7, 11) is -3.60. The molecule has 3 rings (SSSR count). The van der Waals surface area contributed by atoms with E-state index in [0.717, 1.165) is 11.1 Å². The lowest BCUT2D eigenvalue weighted by atomic mass is 10.1. The minimum atomic E-state index is -3.60. The van der Waals surface area contributed by atoms with Crippen LogP contribution in [0.4, 0.5) is 0 Å². The van der Waals surface area contributed by atoms with Crippen molar-refractivity contribution in [1.82, 2.24) is 9.29 Å². The highest BCUT2D eigenvalue weighted by Gasteiger charge is 2.31. The van der Waals surface area contributed by atoms with Crippen LogP contribution in [0.15, 0.2) is 47.5 Å². The second-order valence-electron chi connectivity index (χ2n) is 4.33. The molecule has 0 atom stereocenters. The fourth-order valence-corrected chi connectivity index (χ4v) is 4.00. The Kier molecular flexibility index (Phi) is 3.05. The molecule has 1 aromatic carbocycles. The molecule has 0 N–H and O–H groups in total. The van der Waals surface area contributed by atoms with E-state index >= 15 is 0 Å². The third kappa shape index (κ3) is 2.14. The molecule has 0 saturated carbocycles. The Labute approximate surface area is 116 Å². The molecule has 2 aromatic rings. The van der Waals surface area contributed by atoms with Crippen molar-refractivity contribution >= 4 is 21.6 Å². The van der Waals surface area contributed by atoms with Crippen LogP contribution in [0.1, 0.15) is 11.1 Å². The highest BCUT2D eigenvalue weighted by Crippen LogP contribution is 2.30. The van der Waals surface area contributed by atoms with E-state index in [1.54, 1.807) is 6.07 Å². The SMILES string of the molecule is O=S(=O)(c1cccnc1Cl)N1Cc2ccccc2C1. The minimum Gasteiger partial charge on any atom is -0.243 e. The van der Waals surface area contributed by atoms with E-state index in [2.05, 4.69) is 4.98 Å². The molecule has 0 saturated heterocycles. The van der Waals surface area contributed by atoms with Crippen LogP contribution in [0.5, 0.6) is 0 Å². The number of benzene rings is 1. The molecular weight excluding hydrogens is 284 g/mol. The van der Waals surface area contributed by atoms with Gasteiger partial charge in [0.15, 0.2) is 0 Å². The maximum absolute atomic E-state index is 12.5. The van der Waals surface area contributed by atoms with Crippen LogP contribution in [0.25, 0.3) is 0 Å². The zero-order valence-corrected chi connectivity index (χ0v) is 11.5. The highest BCUT2D eigenvalue weighted by molar-refractivity contribution is 7.89. The van der Waals surface area contributed by atoms with Crippen LogP contribution >= 0.6 is 11.6 Å². The second-order valence-corrected chi connectivity index (χ2v) is 6.60. The van der Waals surface area contributed by atoms with Gasteiger partial charge in [-0.25, -0.2) is 13.4 Å². The van der Waals surface area contributed by atoms with E-state index in [9.17, 15) is 8.42 Å². The summed E-state index contributed by atoms with van der Waals surface area (Å²) in [6, 6.07) is 10.7. The Morgan fingerprint density at radius 2 is 1.68 bits per heavy atom. The Morgan fingerprint density at radius 3 is 2.26 bits per heavy atom. The fourth-order valence-electron chi connectivity index (χ4n) is 2.17. The molecule has 0 fully saturated rings. The standard InChI is InChI=1S/C13H11ClN2O2S/c14-13-12(6-3-7-15-13)19(17,18)16-8-10-4-1-2-5-11(10)9-16/h1-7H,8-9H2. The van der Waals surface area contributed by atoms with E-state index in [1.165, 1.54) is 16.6 Å². The average molecular weight is 295 g/mol. The first-order valence-corrected chi connectivity index (χ1v) is 7.58. The lowest BCUT2D eigenvalue weighted by Crippen LogP contribution is -2.26. The molecule has 0 spiro atoms. The molecule has 0 unspecified atom stereocenters. The maximum atomic E-state index is 12.5. The van der Waals surface area contributed by atoms with E-state index in [0.29, 0.717) is 13.1 Å². The van der Waals surface area contributed by atoms with E-state index < -0.39 is 10.0 Å². The summed E-state index contributed by atoms with van der Waals surface area (Å²) >= 11 is 5.88. The van der Waals surface area contributed by atoms with Crippen molar-refractivity contribution in [2.24, 2.45) is 0 Å². The number of aromatic nitrogens is 1. The van der Waals surface area contributed by atoms with Crippen LogP contribution in [0, 0.1) is 0 Å². The molecule has 0 aliphatic carbocycles. The van der Waals surface area contributed by atoms with E-state index in [1.807, 2.05) is 24.3 Å². The van der Waals surface area contributed by atoms with Crippen LogP contribution in [0.2, 0.25) is 5.15 Å². The predicted octanol–water partition coefficient (Wildman–Crippen LogP) is 2.44. The number of nitrogens with zero attached hydrogens (tertiary/aromatic N) is 2. The van der Waals surface area contributed by atoms with Crippen molar-refractivity contribution in [2.75, 3.05) is 0 Å². The Morgan fingerprint density at radius 1 is 1.05 bits per heavy atom. The second kappa shape index (κ2) is 4.59. The third-order valence-electron chi connectivity index (χ3n) is 3.15. The van der Waals surface area contributed by atoms with Gasteiger partial charge in [0.1, 0.15) is 10.0 Å². The average Bonchev–Trinajstić information content (AvgIpc) is 2.83. The van der Waals surface area contributed by atoms with Gasteiger partial charge in [-0.15, -0.1) is 0 Å². The summed E-state index contributed by atoms with van der Waals surface area (Å²) in [5.74, 6) is 0. The fraction of sp³-hybridized carbons (Fsp3) is 0.154. The predicted molar refractivity (Wildman–Crippen MR) is 72.1 cm³/mol. The zero-order chi connectivity index (χ0) is 13.5. The monoisotopic (exact) mass is 294 g/mol. The number of halogens is 1. The molecule has 0 amide bonds. The molecule has 6 heteroatoms. The number of rotatable bonds is 2. The summed E-state index contributed by atoms with van der Waals surface area (Å²) in [6.07, 6.45) is 1.47. The Bertz CT molecular complexity index is 706. The van der Waals surface area contributed by atoms with Crippen LogP contribution in [0.3, 0.4) is 0 Å². The Hall–Kier alpha value is -1.43. The van der Waals surface area contributed by atoms with Gasteiger partial charge >= 0.3 is 0 Å². The van der Waals surface area contributed by atoms with Crippen molar-refractivity contribution in [3.8, 4) is 0 Å². The van der Waals surface area contributed by atoms with Gasteiger partial charge < -0.3 is 0 Å². The molecule has 1 aliphatic rings. The highest BCUT2D eigenvalue weighted by atomic mass is 35.5. The number of fused-ring (bicyclic) bond motifs is 1. The molecule has 0 radical (unpaired) electrons. The summed E-state index contributed by atoms with van der Waals surface area (Å²) < 4.78 is 26.5. The molecular formula is C13H11ClN2O2S. The van der Waals surface area contributed by atoms with Crippen molar-refractivity contribution in [2.45, 2.75) is 18.0 Å². The van der Waals surface area contributed by atoms with Crippen LogP contribution < -0.4 is 0 Å². The van der Waals surface area contributed by atoms with Gasteiger partial charge in [-0.05, 0) is 23.3 Å². The first-order chi connectivity index (χ1) is 9.09. The van der Waals surface area contributed by atoms with E-state index in [-0.39, 0.29) is 10.0 Å². The van der Waals surface area contributed by atoms with Crippen molar-refractivity contribution in [1.29, 1.82) is 0 Å². The van der Waals surface area contributed by atoms with Gasteiger partial charge in [0, 0.05) is 19.3 Å². The van der Waals surface area contributed by atoms with Gasteiger partial charge in [-0.3, -0.25) is 0 Å². The molecule has 4 nitrogen and oxygen atoms in total. The molecule has 2 heterocycles. The number of hydrogen-bond acceptors (Lipinski definition) is 3. The summed E-state index contributed by atoms with van der Waals surface area (Å²) in [5, 5.41) is 0.0125. The van der Waals surface area contributed by atoms with Gasteiger partial charge in [0.2, 0.25) is 10.0 Å². The minimum absolute atomic E-state index is 0.0125. The first-order valence-electron chi connectivity index (χ1n) is 5.76. The van der Waals surface area contributed by atoms with Crippen molar-refractivity contribution in [3.63, 3.8) is 0 Å². The van der Waals surface area contributed by atoms with Crippen LogP contribution in [-0.4, -0.2) is 17.7 Å². The third-order valence-corrected chi connectivity index (χ3v) is 5.39. The summed E-state index contributed by atoms with van der Waals surface area (Å²) in [4.78, 5) is 3.89. The van der Waals surface area contributed by atoms with Gasteiger partial charge in [0.25, 0.3) is 0 Å². The number of hydrogen-bond donors (Lipinski definition) is 0. The summed E-state index contributed by atoms with van der Waals surface area (Å²) in [5.41, 5.74) is 2.07. The molecule has 1 aromatic heterocycles. The van der Waals surface area contributed by atoms with Crippen molar-refractivity contribution < 1.29 is 8.42 Å². The maximum Gasteiger partial charge on any atom is 0.246 e. The van der Waals surface area contributed by atoms with Gasteiger partial charge in [-0.1, -0.05) is 35.9 Å². The number of sulfonamides is 1. The zero-order valence-electron chi connectivity index (χ0n) is 9.95. The summed E-state index contributed by atoms with van der Waals surface area (Å²) in [6.45, 7) is 0.757. The largest absolute Gasteiger partial charge is 0.246 e. The molecule has 19 heavy (non-hydrogen) atoms. The Balaban J connectivity index is 1.99. The van der Waals surface area contributed by atoms with Gasteiger partial charge in [-0.2, -0.15) is 4.31 Å². The van der Waals surface area contributed by atoms with Gasteiger partial charge in [0.05, 0.1) is 0 Å². The van der Waals surface area contributed by atoms with E-state index in [4.69, 9.17) is 11.6 Å². The smallest absolute Gasteiger partial charge is 0.243 e. The normalized spacial score (nSPS) is 15.4. The van der Waals surface area contributed by atoms with Crippen LogP contribution in [-0.2, 0) is 23.1 Å². The lowest BCUT2D eigenvalue weighted by molar-refractivity contribution is 0.431. The quantitative estimate of drug-likeness (QED) is 0.799. The van der Waals surface area contributed by atoms with Crippen molar-refractivity contribution in [3.05, 3.63) is 58.9 Å². The molecule has 0 bridgehead atoms. The lowest BCUT2D eigenvalue weighted by Gasteiger charge is -2.15. The molecule has 98 valence electrons. The molecule has 1 aliphatic heterocycles.